The van der Waals surface area contributed by atoms with Crippen molar-refractivity contribution < 1.29 is 4.12 Å². The summed E-state index contributed by atoms with van der Waals surface area (Å²) in [5.41, 5.74) is 0. The largest absolute Gasteiger partial charge is 0.455 e. The Labute approximate surface area is 110 Å². The standard InChI is InChI=1S/C12H32N2OSi2/c1-13(2)10-9-11-16(5,6)15-17(7,8)12-14(3)4/h9-12H2,1-8H3. The number of hydrogen-bond donors (Lipinski definition) is 0. The summed E-state index contributed by atoms with van der Waals surface area (Å²) in [6, 6.07) is 1.27. The zero-order valence-electron chi connectivity index (χ0n) is 13.1. The average Bonchev–Trinajstić information content (AvgIpc) is 1.95. The lowest BCUT2D eigenvalue weighted by molar-refractivity contribution is 0.400. The molecule has 0 N–H and O–H groups in total. The van der Waals surface area contributed by atoms with Gasteiger partial charge in [0.2, 0.25) is 0 Å². The van der Waals surface area contributed by atoms with Gasteiger partial charge in [-0.15, -0.1) is 0 Å². The monoisotopic (exact) mass is 276 g/mol. The molecule has 0 fully saturated rings. The summed E-state index contributed by atoms with van der Waals surface area (Å²) < 4.78 is 6.54. The first-order valence-electron chi connectivity index (χ1n) is 6.54. The van der Waals surface area contributed by atoms with Gasteiger partial charge in [-0.1, -0.05) is 0 Å². The van der Waals surface area contributed by atoms with Crippen LogP contribution >= 0.6 is 0 Å². The fourth-order valence-corrected chi connectivity index (χ4v) is 11.6. The minimum atomic E-state index is -1.50. The van der Waals surface area contributed by atoms with Crippen molar-refractivity contribution in [2.75, 3.05) is 40.9 Å². The van der Waals surface area contributed by atoms with E-state index >= 15 is 0 Å². The van der Waals surface area contributed by atoms with Crippen LogP contribution in [0, 0.1) is 0 Å². The molecule has 0 radical (unpaired) electrons. The Balaban J connectivity index is 4.13. The van der Waals surface area contributed by atoms with E-state index in [-0.39, 0.29) is 0 Å². The number of rotatable bonds is 8. The average molecular weight is 277 g/mol. The molecular weight excluding hydrogens is 244 g/mol. The molecule has 0 atom stereocenters. The maximum atomic E-state index is 6.54. The van der Waals surface area contributed by atoms with E-state index in [4.69, 9.17) is 4.12 Å². The molecule has 0 aromatic heterocycles. The Kier molecular flexibility index (Phi) is 7.17. The van der Waals surface area contributed by atoms with Gasteiger partial charge in [-0.2, -0.15) is 0 Å². The Hall–Kier alpha value is 0.314. The molecule has 5 heteroatoms. The molecule has 3 nitrogen and oxygen atoms in total. The molecule has 0 heterocycles. The third kappa shape index (κ3) is 9.97. The fraction of sp³-hybridized carbons (Fsp3) is 1.00. The number of nitrogens with zero attached hydrogens (tertiary/aromatic N) is 2. The van der Waals surface area contributed by atoms with E-state index in [1.165, 1.54) is 19.0 Å². The smallest absolute Gasteiger partial charge is 0.187 e. The van der Waals surface area contributed by atoms with Gasteiger partial charge in [-0.3, -0.25) is 0 Å². The van der Waals surface area contributed by atoms with Crippen LogP contribution in [0.5, 0.6) is 0 Å². The second kappa shape index (κ2) is 7.04. The highest BCUT2D eigenvalue weighted by Gasteiger charge is 2.32. The second-order valence-corrected chi connectivity index (χ2v) is 15.4. The molecule has 17 heavy (non-hydrogen) atoms. The van der Waals surface area contributed by atoms with Gasteiger partial charge < -0.3 is 13.9 Å². The summed E-state index contributed by atoms with van der Waals surface area (Å²) in [5, 5.41) is 0. The second-order valence-electron chi connectivity index (χ2n) is 6.77. The van der Waals surface area contributed by atoms with Crippen LogP contribution in [-0.2, 0) is 4.12 Å². The fourth-order valence-electron chi connectivity index (χ4n) is 2.41. The molecule has 0 aliphatic heterocycles. The van der Waals surface area contributed by atoms with Crippen LogP contribution in [0.15, 0.2) is 0 Å². The first kappa shape index (κ1) is 17.3. The van der Waals surface area contributed by atoms with Crippen LogP contribution in [0.4, 0.5) is 0 Å². The molecule has 104 valence electrons. The van der Waals surface area contributed by atoms with Crippen molar-refractivity contribution in [1.82, 2.24) is 9.80 Å². The summed E-state index contributed by atoms with van der Waals surface area (Å²) in [6.07, 6.45) is 2.38. The van der Waals surface area contributed by atoms with E-state index in [2.05, 4.69) is 64.2 Å². The van der Waals surface area contributed by atoms with Gasteiger partial charge in [0.1, 0.15) is 0 Å². The maximum Gasteiger partial charge on any atom is 0.187 e. The van der Waals surface area contributed by atoms with Gasteiger partial charge in [0.25, 0.3) is 0 Å². The van der Waals surface area contributed by atoms with E-state index in [1.807, 2.05) is 0 Å². The van der Waals surface area contributed by atoms with Crippen LogP contribution in [-0.4, -0.2) is 67.3 Å². The molecule has 0 amide bonds. The van der Waals surface area contributed by atoms with Crippen molar-refractivity contribution in [3.05, 3.63) is 0 Å². The molecule has 0 saturated carbocycles. The molecule has 0 aromatic rings. The minimum Gasteiger partial charge on any atom is -0.455 e. The third-order valence-corrected chi connectivity index (χ3v) is 10.0. The van der Waals surface area contributed by atoms with Crippen molar-refractivity contribution >= 4 is 16.6 Å². The van der Waals surface area contributed by atoms with Crippen LogP contribution < -0.4 is 0 Å². The molecule has 0 rings (SSSR count). The van der Waals surface area contributed by atoms with Crippen molar-refractivity contribution in [3.8, 4) is 0 Å². The van der Waals surface area contributed by atoms with Crippen molar-refractivity contribution in [1.29, 1.82) is 0 Å². The van der Waals surface area contributed by atoms with Crippen LogP contribution in [0.3, 0.4) is 0 Å². The molecule has 0 spiro atoms. The number of hydrogen-bond acceptors (Lipinski definition) is 3. The predicted molar refractivity (Wildman–Crippen MR) is 82.6 cm³/mol. The Bertz CT molecular complexity index is 219. The summed E-state index contributed by atoms with van der Waals surface area (Å²) in [5.74, 6) is 0. The molecule has 0 unspecified atom stereocenters. The van der Waals surface area contributed by atoms with E-state index in [9.17, 15) is 0 Å². The molecule has 0 aromatic carbocycles. The summed E-state index contributed by atoms with van der Waals surface area (Å²) in [4.78, 5) is 4.52. The van der Waals surface area contributed by atoms with Crippen molar-refractivity contribution in [3.63, 3.8) is 0 Å². The molecular formula is C12H32N2OSi2. The van der Waals surface area contributed by atoms with E-state index < -0.39 is 16.6 Å². The van der Waals surface area contributed by atoms with Gasteiger partial charge in [0.05, 0.1) is 0 Å². The highest BCUT2D eigenvalue weighted by molar-refractivity contribution is 6.84. The van der Waals surface area contributed by atoms with Gasteiger partial charge in [0, 0.05) is 6.17 Å². The van der Waals surface area contributed by atoms with Crippen molar-refractivity contribution in [2.45, 2.75) is 38.7 Å². The highest BCUT2D eigenvalue weighted by atomic mass is 28.4. The lowest BCUT2D eigenvalue weighted by Crippen LogP contribution is -2.50. The summed E-state index contributed by atoms with van der Waals surface area (Å²) in [7, 11) is 5.58. The molecule has 0 bridgehead atoms. The first-order valence-corrected chi connectivity index (χ1v) is 12.8. The van der Waals surface area contributed by atoms with Crippen LogP contribution in [0.2, 0.25) is 32.2 Å². The van der Waals surface area contributed by atoms with Gasteiger partial charge in [0.15, 0.2) is 16.6 Å². The highest BCUT2D eigenvalue weighted by Crippen LogP contribution is 2.20. The Morgan fingerprint density at radius 3 is 1.76 bits per heavy atom. The zero-order valence-corrected chi connectivity index (χ0v) is 15.1. The SMILES string of the molecule is CN(C)CCC[Si](C)(C)O[Si](C)(C)CN(C)C. The van der Waals surface area contributed by atoms with Crippen molar-refractivity contribution in [2.24, 2.45) is 0 Å². The zero-order chi connectivity index (χ0) is 13.7. The van der Waals surface area contributed by atoms with Gasteiger partial charge in [-0.05, 0) is 73.4 Å². The summed E-state index contributed by atoms with van der Waals surface area (Å²) in [6.45, 7) is 10.6. The lowest BCUT2D eigenvalue weighted by Gasteiger charge is -2.35. The van der Waals surface area contributed by atoms with E-state index in [0.717, 1.165) is 6.17 Å². The Morgan fingerprint density at radius 1 is 0.824 bits per heavy atom. The minimum absolute atomic E-state index is 1.12. The molecule has 0 aliphatic carbocycles. The van der Waals surface area contributed by atoms with E-state index in [0.29, 0.717) is 0 Å². The molecule has 0 saturated heterocycles. The van der Waals surface area contributed by atoms with Crippen LogP contribution in [0.25, 0.3) is 0 Å². The quantitative estimate of drug-likeness (QED) is 0.634. The van der Waals surface area contributed by atoms with E-state index in [1.54, 1.807) is 0 Å². The topological polar surface area (TPSA) is 15.7 Å². The first-order chi connectivity index (χ1) is 7.54. The van der Waals surface area contributed by atoms with Gasteiger partial charge >= 0.3 is 0 Å². The third-order valence-electron chi connectivity index (χ3n) is 2.63. The maximum absolute atomic E-state index is 6.54. The van der Waals surface area contributed by atoms with Gasteiger partial charge in [-0.25, -0.2) is 0 Å². The summed E-state index contributed by atoms with van der Waals surface area (Å²) >= 11 is 0. The Morgan fingerprint density at radius 2 is 1.35 bits per heavy atom. The molecule has 0 aliphatic rings. The normalized spacial score (nSPS) is 13.8. The predicted octanol–water partition coefficient (Wildman–Crippen LogP) is 2.47. The lowest BCUT2D eigenvalue weighted by atomic mass is 10.5. The van der Waals surface area contributed by atoms with Crippen LogP contribution in [0.1, 0.15) is 6.42 Å².